The molecule has 6 rings (SSSR count). The normalized spacial score (nSPS) is 11.9. The van der Waals surface area contributed by atoms with Crippen molar-refractivity contribution in [1.29, 1.82) is 0 Å². The third-order valence-electron chi connectivity index (χ3n) is 10.4. The molecular formula is C50H56O7S2. The van der Waals surface area contributed by atoms with Crippen LogP contribution in [0.1, 0.15) is 76.3 Å². The predicted octanol–water partition coefficient (Wildman–Crippen LogP) is 11.8. The van der Waals surface area contributed by atoms with Crippen LogP contribution in [0, 0.1) is 0 Å². The van der Waals surface area contributed by atoms with Gasteiger partial charge in [0.25, 0.3) is 0 Å². The highest BCUT2D eigenvalue weighted by molar-refractivity contribution is 7.16. The van der Waals surface area contributed by atoms with Crippen molar-refractivity contribution in [2.75, 3.05) is 26.4 Å². The summed E-state index contributed by atoms with van der Waals surface area (Å²) in [4.78, 5) is 26.5. The topological polar surface area (TPSA) is 91.3 Å². The molecule has 0 saturated heterocycles. The van der Waals surface area contributed by atoms with Crippen LogP contribution in [0.2, 0.25) is 0 Å². The van der Waals surface area contributed by atoms with Crippen molar-refractivity contribution in [1.82, 2.24) is 0 Å². The summed E-state index contributed by atoms with van der Waals surface area (Å²) in [5, 5.41) is 12.3. The van der Waals surface area contributed by atoms with E-state index in [1.54, 1.807) is 0 Å². The highest BCUT2D eigenvalue weighted by Gasteiger charge is 2.15. The fourth-order valence-electron chi connectivity index (χ4n) is 7.03. The molecule has 0 fully saturated rings. The van der Waals surface area contributed by atoms with Crippen molar-refractivity contribution < 1.29 is 24.1 Å². The van der Waals surface area contributed by atoms with Gasteiger partial charge in [-0.1, -0.05) is 117 Å². The van der Waals surface area contributed by atoms with Gasteiger partial charge in [0.1, 0.15) is 24.2 Å². The Balaban J connectivity index is 1.05. The minimum atomic E-state index is -0.814. The van der Waals surface area contributed by atoms with Gasteiger partial charge < -0.3 is 24.1 Å². The predicted molar refractivity (Wildman–Crippen MR) is 246 cm³/mol. The monoisotopic (exact) mass is 832 g/mol. The van der Waals surface area contributed by atoms with E-state index in [2.05, 4.69) is 69.0 Å². The Bertz CT molecular complexity index is 2210. The molecule has 0 amide bonds. The van der Waals surface area contributed by atoms with Crippen LogP contribution in [0.4, 0.5) is 0 Å². The first-order valence-electron chi connectivity index (χ1n) is 21.0. The van der Waals surface area contributed by atoms with Crippen molar-refractivity contribution in [3.63, 3.8) is 0 Å². The van der Waals surface area contributed by atoms with Gasteiger partial charge in [0.05, 0.1) is 32.2 Å². The van der Waals surface area contributed by atoms with Gasteiger partial charge in [-0.05, 0) is 107 Å². The SMILES string of the molecule is C=COCC(O)COC(CCOc1ccc2cc(-c3ccc(CCCCC)cc3)c(=O)sc2c1)CCOc1ccc2cc(-c3ccc(CCCCC)cc3)c(=O)sc2c1. The van der Waals surface area contributed by atoms with Crippen LogP contribution in [-0.4, -0.2) is 43.7 Å². The molecule has 0 bridgehead atoms. The second-order valence-corrected chi connectivity index (χ2v) is 17.0. The number of hydrogen-bond donors (Lipinski definition) is 1. The average Bonchev–Trinajstić information content (AvgIpc) is 3.25. The van der Waals surface area contributed by atoms with Crippen molar-refractivity contribution in [2.45, 2.75) is 90.3 Å². The molecule has 0 aliphatic rings. The van der Waals surface area contributed by atoms with Gasteiger partial charge in [-0.15, -0.1) is 0 Å². The maximum atomic E-state index is 13.2. The molecular weight excluding hydrogens is 777 g/mol. The van der Waals surface area contributed by atoms with Crippen molar-refractivity contribution in [2.24, 2.45) is 0 Å². The van der Waals surface area contributed by atoms with Crippen LogP contribution in [0.3, 0.4) is 0 Å². The number of aliphatic hydroxyl groups is 1. The van der Waals surface area contributed by atoms with Crippen LogP contribution in [0.5, 0.6) is 11.5 Å². The molecule has 2 aromatic heterocycles. The summed E-state index contributed by atoms with van der Waals surface area (Å²) in [7, 11) is 0. The molecule has 0 saturated carbocycles. The third-order valence-corrected chi connectivity index (χ3v) is 12.4. The molecule has 4 aromatic carbocycles. The summed E-state index contributed by atoms with van der Waals surface area (Å²) < 4.78 is 25.4. The molecule has 0 radical (unpaired) electrons. The fourth-order valence-corrected chi connectivity index (χ4v) is 8.84. The zero-order chi connectivity index (χ0) is 41.4. The fraction of sp³-hybridized carbons (Fsp3) is 0.360. The lowest BCUT2D eigenvalue weighted by atomic mass is 10.0. The Labute approximate surface area is 355 Å². The number of ether oxygens (including phenoxy) is 4. The lowest BCUT2D eigenvalue weighted by molar-refractivity contribution is -0.0419. The second-order valence-electron chi connectivity index (χ2n) is 15.0. The molecule has 59 heavy (non-hydrogen) atoms. The quantitative estimate of drug-likeness (QED) is 0.0480. The summed E-state index contributed by atoms with van der Waals surface area (Å²) >= 11 is 2.46. The van der Waals surface area contributed by atoms with E-state index in [1.807, 2.05) is 48.5 Å². The van der Waals surface area contributed by atoms with Gasteiger partial charge in [-0.3, -0.25) is 9.59 Å². The Morgan fingerprint density at radius 2 is 1.10 bits per heavy atom. The molecule has 1 unspecified atom stereocenters. The largest absolute Gasteiger partial charge is 0.499 e. The second kappa shape index (κ2) is 22.5. The van der Waals surface area contributed by atoms with Crippen LogP contribution >= 0.6 is 22.7 Å². The minimum Gasteiger partial charge on any atom is -0.499 e. The average molecular weight is 833 g/mol. The summed E-state index contributed by atoms with van der Waals surface area (Å²) in [5.74, 6) is 1.34. The maximum Gasteiger partial charge on any atom is 0.240 e. The van der Waals surface area contributed by atoms with Gasteiger partial charge in [-0.25, -0.2) is 0 Å². The Hall–Kier alpha value is -4.80. The molecule has 7 nitrogen and oxygen atoms in total. The molecule has 9 heteroatoms. The number of unbranched alkanes of at least 4 members (excludes halogenated alkanes) is 4. The van der Waals surface area contributed by atoms with Crippen molar-refractivity contribution >= 4 is 42.8 Å². The van der Waals surface area contributed by atoms with E-state index in [1.165, 1.54) is 78.6 Å². The highest BCUT2D eigenvalue weighted by Crippen LogP contribution is 2.30. The summed E-state index contributed by atoms with van der Waals surface area (Å²) in [6, 6.07) is 32.4. The first kappa shape index (κ1) is 43.8. The van der Waals surface area contributed by atoms with E-state index in [-0.39, 0.29) is 28.8 Å². The smallest absolute Gasteiger partial charge is 0.240 e. The van der Waals surface area contributed by atoms with E-state index in [4.69, 9.17) is 18.9 Å². The van der Waals surface area contributed by atoms with Crippen LogP contribution in [-0.2, 0) is 22.3 Å². The third kappa shape index (κ3) is 12.8. The van der Waals surface area contributed by atoms with Gasteiger partial charge in [0, 0.05) is 33.4 Å². The van der Waals surface area contributed by atoms with Gasteiger partial charge in [-0.2, -0.15) is 0 Å². The maximum absolute atomic E-state index is 13.2. The lowest BCUT2D eigenvalue weighted by Gasteiger charge is -2.20. The number of rotatable bonds is 24. The molecule has 0 aliphatic heterocycles. The van der Waals surface area contributed by atoms with E-state index < -0.39 is 6.10 Å². The number of aryl methyl sites for hydroxylation is 2. The summed E-state index contributed by atoms with van der Waals surface area (Å²) in [6.45, 7) is 8.85. The number of benzene rings is 4. The zero-order valence-corrected chi connectivity index (χ0v) is 35.9. The van der Waals surface area contributed by atoms with Crippen LogP contribution in [0.15, 0.2) is 119 Å². The number of aliphatic hydroxyl groups excluding tert-OH is 1. The molecule has 0 spiro atoms. The zero-order valence-electron chi connectivity index (χ0n) is 34.3. The summed E-state index contributed by atoms with van der Waals surface area (Å²) in [5.41, 5.74) is 5.89. The van der Waals surface area contributed by atoms with E-state index in [9.17, 15) is 14.7 Å². The Kier molecular flexibility index (Phi) is 16.7. The first-order valence-corrected chi connectivity index (χ1v) is 22.6. The van der Waals surface area contributed by atoms with Gasteiger partial charge in [0.2, 0.25) is 9.48 Å². The summed E-state index contributed by atoms with van der Waals surface area (Å²) in [6.07, 6.45) is 10.6. The molecule has 310 valence electrons. The molecule has 1 atom stereocenters. The van der Waals surface area contributed by atoms with Gasteiger partial charge in [0.15, 0.2) is 0 Å². The van der Waals surface area contributed by atoms with Crippen LogP contribution < -0.4 is 19.0 Å². The van der Waals surface area contributed by atoms with Crippen molar-refractivity contribution in [3.05, 3.63) is 140 Å². The first-order chi connectivity index (χ1) is 28.8. The molecule has 6 aromatic rings. The molecule has 1 N–H and O–H groups in total. The molecule has 0 aliphatic carbocycles. The van der Waals surface area contributed by atoms with E-state index in [0.717, 1.165) is 44.1 Å². The van der Waals surface area contributed by atoms with Crippen LogP contribution in [0.25, 0.3) is 42.4 Å². The standard InChI is InChI=1S/C50H56O7S2/c1-4-7-9-11-35-13-17-37(18-14-35)45-29-39-21-23-43(31-47(39)58-49(45)52)55-27-25-42(57-34-41(51)33-54-6-3)26-28-56-44-24-22-40-30-46(50(53)59-48(40)32-44)38-19-15-36(16-20-38)12-10-8-5-2/h6,13-24,29-32,41-42,51H,3-5,7-12,25-28,33-34H2,1-2H3. The molecule has 2 heterocycles. The number of fused-ring (bicyclic) bond motifs is 2. The van der Waals surface area contributed by atoms with Crippen molar-refractivity contribution in [3.8, 4) is 33.8 Å². The Morgan fingerprint density at radius 1 is 0.627 bits per heavy atom. The lowest BCUT2D eigenvalue weighted by Crippen LogP contribution is -2.27. The van der Waals surface area contributed by atoms with E-state index >= 15 is 0 Å². The van der Waals surface area contributed by atoms with Gasteiger partial charge >= 0.3 is 0 Å². The highest BCUT2D eigenvalue weighted by atomic mass is 32.1. The minimum absolute atomic E-state index is 0.0183. The Morgan fingerprint density at radius 3 is 1.54 bits per heavy atom. The van der Waals surface area contributed by atoms with E-state index in [0.29, 0.717) is 48.7 Å². The number of hydrogen-bond acceptors (Lipinski definition) is 9.